The Balaban J connectivity index is 0.000000174. The Hall–Kier alpha value is -10.0. The number of aryl methyl sites for hydroxylation is 5. The summed E-state index contributed by atoms with van der Waals surface area (Å²) >= 11 is 0. The van der Waals surface area contributed by atoms with E-state index in [1.54, 1.807) is 0 Å². The standard InChI is InChI=1S/C41H35N.C40H35N/c1-3-12-33(13-4-1)16-7-9-18-35-22-27-39(28-23-35)42(41-31-26-37-20-11-21-38(37)32-41)40-29-24-36(25-30-40)19-10-8-17-34-14-5-2-6-15-34;1-31-14-16-34(17-15-31)18-19-35-22-27-39(28-23-35)41(40-29-24-36-12-7-13-37(36)30-40)38-25-20-33(21-26-38)11-6-5-10-32-8-3-2-4-9-32/h1-10,12-19,22-32H,11,20-21H2;2-6,8-11,14-30H,7,12-13H2,1H3/b16-7+,17-8+,18-9+,19-10+;10-5+,11-6+,19-18+. The maximum Gasteiger partial charge on any atom is 0.0464 e. The first-order chi connectivity index (χ1) is 41.0. The molecule has 0 aromatic heterocycles. The molecule has 0 amide bonds. The Bertz CT molecular complexity index is 3790. The summed E-state index contributed by atoms with van der Waals surface area (Å²) in [4.78, 5) is 4.74. The van der Waals surface area contributed by atoms with Crippen LogP contribution in [-0.4, -0.2) is 0 Å². The van der Waals surface area contributed by atoms with E-state index in [1.165, 1.54) is 116 Å². The predicted molar refractivity (Wildman–Crippen MR) is 360 cm³/mol. The minimum absolute atomic E-state index is 1.15. The number of rotatable bonds is 17. The van der Waals surface area contributed by atoms with Crippen LogP contribution in [0.25, 0.3) is 48.6 Å². The molecule has 0 radical (unpaired) electrons. The Labute approximate surface area is 492 Å². The highest BCUT2D eigenvalue weighted by atomic mass is 15.1. The molecular formula is C81H70N2. The van der Waals surface area contributed by atoms with E-state index in [9.17, 15) is 0 Å². The summed E-state index contributed by atoms with van der Waals surface area (Å²) in [6.07, 6.45) is 37.0. The normalized spacial score (nSPS) is 13.0. The summed E-state index contributed by atoms with van der Waals surface area (Å²) in [5.74, 6) is 0. The van der Waals surface area contributed by atoms with Gasteiger partial charge in [0.2, 0.25) is 0 Å². The molecule has 0 N–H and O–H groups in total. The summed E-state index contributed by atoms with van der Waals surface area (Å²) in [6.45, 7) is 2.12. The van der Waals surface area contributed by atoms with Crippen LogP contribution in [0.4, 0.5) is 34.1 Å². The third-order valence-electron chi connectivity index (χ3n) is 15.3. The van der Waals surface area contributed by atoms with Crippen molar-refractivity contribution in [3.05, 3.63) is 358 Å². The van der Waals surface area contributed by atoms with Crippen LogP contribution in [0.1, 0.15) is 85.2 Å². The monoisotopic (exact) mass is 1070 g/mol. The van der Waals surface area contributed by atoms with Crippen molar-refractivity contribution in [1.29, 1.82) is 0 Å². The maximum atomic E-state index is 2.38. The van der Waals surface area contributed by atoms with Gasteiger partial charge in [0.15, 0.2) is 0 Å². The molecule has 0 saturated carbocycles. The van der Waals surface area contributed by atoms with Crippen molar-refractivity contribution in [2.45, 2.75) is 45.4 Å². The van der Waals surface area contributed by atoms with Gasteiger partial charge in [0.05, 0.1) is 0 Å². The average Bonchev–Trinajstić information content (AvgIpc) is 4.40. The fourth-order valence-corrected chi connectivity index (χ4v) is 10.8. The van der Waals surface area contributed by atoms with Gasteiger partial charge in [-0.3, -0.25) is 0 Å². The van der Waals surface area contributed by atoms with Gasteiger partial charge >= 0.3 is 0 Å². The fraction of sp³-hybridized carbons (Fsp3) is 0.0864. The van der Waals surface area contributed by atoms with Crippen molar-refractivity contribution < 1.29 is 0 Å². The average molecular weight is 1070 g/mol. The van der Waals surface area contributed by atoms with Crippen molar-refractivity contribution in [3.63, 3.8) is 0 Å². The van der Waals surface area contributed by atoms with Gasteiger partial charge in [-0.15, -0.1) is 0 Å². The van der Waals surface area contributed by atoms with E-state index in [2.05, 4.69) is 332 Å². The highest BCUT2D eigenvalue weighted by Crippen LogP contribution is 2.39. The quantitative estimate of drug-likeness (QED) is 0.0662. The Morgan fingerprint density at radius 1 is 0.229 bits per heavy atom. The molecule has 0 atom stereocenters. The molecule has 2 heteroatoms. The number of benzene rings is 10. The summed E-state index contributed by atoms with van der Waals surface area (Å²) in [6, 6.07) is 89.1. The number of nitrogens with zero attached hydrogens (tertiary/aromatic N) is 2. The van der Waals surface area contributed by atoms with Crippen LogP contribution in [0.15, 0.2) is 285 Å². The summed E-state index contributed by atoms with van der Waals surface area (Å²) < 4.78 is 0. The van der Waals surface area contributed by atoms with Gasteiger partial charge < -0.3 is 9.80 Å². The second kappa shape index (κ2) is 27.9. The van der Waals surface area contributed by atoms with E-state index in [0.717, 1.165) is 29.2 Å². The summed E-state index contributed by atoms with van der Waals surface area (Å²) in [5, 5.41) is 0. The van der Waals surface area contributed by atoms with E-state index in [4.69, 9.17) is 0 Å². The predicted octanol–water partition coefficient (Wildman–Crippen LogP) is 21.9. The third-order valence-corrected chi connectivity index (χ3v) is 15.3. The van der Waals surface area contributed by atoms with Crippen LogP contribution in [-0.2, 0) is 25.7 Å². The molecule has 0 aliphatic heterocycles. The fourth-order valence-electron chi connectivity index (χ4n) is 10.8. The molecule has 0 fully saturated rings. The Kier molecular flexibility index (Phi) is 18.5. The second-order valence-electron chi connectivity index (χ2n) is 21.3. The zero-order valence-electron chi connectivity index (χ0n) is 47.4. The van der Waals surface area contributed by atoms with Crippen molar-refractivity contribution in [2.75, 3.05) is 9.80 Å². The first kappa shape index (κ1) is 54.9. The number of hydrogen-bond donors (Lipinski definition) is 0. The molecule has 0 saturated heterocycles. The van der Waals surface area contributed by atoms with Gasteiger partial charge in [-0.25, -0.2) is 0 Å². The molecule has 2 aliphatic carbocycles. The molecule has 83 heavy (non-hydrogen) atoms. The van der Waals surface area contributed by atoms with E-state index in [1.807, 2.05) is 18.2 Å². The van der Waals surface area contributed by atoms with Gasteiger partial charge in [0.1, 0.15) is 0 Å². The third kappa shape index (κ3) is 15.3. The van der Waals surface area contributed by atoms with Crippen molar-refractivity contribution >= 4 is 82.7 Å². The lowest BCUT2D eigenvalue weighted by molar-refractivity contribution is 0.911. The van der Waals surface area contributed by atoms with Crippen LogP contribution < -0.4 is 9.80 Å². The molecule has 2 aliphatic rings. The lowest BCUT2D eigenvalue weighted by Gasteiger charge is -2.26. The maximum absolute atomic E-state index is 2.38. The molecular weight excluding hydrogens is 1000 g/mol. The number of fused-ring (bicyclic) bond motifs is 2. The van der Waals surface area contributed by atoms with Gasteiger partial charge in [-0.05, 0) is 185 Å². The van der Waals surface area contributed by atoms with Crippen molar-refractivity contribution in [2.24, 2.45) is 0 Å². The molecule has 10 aromatic rings. The van der Waals surface area contributed by atoms with Gasteiger partial charge in [0.25, 0.3) is 0 Å². The summed E-state index contributed by atoms with van der Waals surface area (Å²) in [5.41, 5.74) is 23.8. The Morgan fingerprint density at radius 2 is 0.470 bits per heavy atom. The zero-order chi connectivity index (χ0) is 56.3. The highest BCUT2D eigenvalue weighted by molar-refractivity contribution is 5.81. The van der Waals surface area contributed by atoms with Crippen molar-refractivity contribution in [1.82, 2.24) is 0 Å². The lowest BCUT2D eigenvalue weighted by atomic mass is 10.1. The SMILES string of the molecule is C(/C=C/c1ccc(N(c2ccc(/C=C/C=C/c3ccccc3)cc2)c2ccc3c(c2)CCC3)cc1)=C\c1ccccc1.Cc1ccc(/C=C/c2ccc(N(c3ccc(/C=C/C=C/c4ccccc4)cc3)c3ccc4c(c3)CCC4)cc2)cc1. The molecule has 2 nitrogen and oxygen atoms in total. The van der Waals surface area contributed by atoms with Crippen LogP contribution in [0.3, 0.4) is 0 Å². The van der Waals surface area contributed by atoms with E-state index < -0.39 is 0 Å². The second-order valence-corrected chi connectivity index (χ2v) is 21.3. The van der Waals surface area contributed by atoms with Gasteiger partial charge in [-0.2, -0.15) is 0 Å². The Morgan fingerprint density at radius 3 is 0.771 bits per heavy atom. The molecule has 0 bridgehead atoms. The zero-order valence-corrected chi connectivity index (χ0v) is 47.4. The molecule has 0 unspecified atom stereocenters. The van der Waals surface area contributed by atoms with Gasteiger partial charge in [-0.1, -0.05) is 267 Å². The number of anilines is 6. The van der Waals surface area contributed by atoms with Crippen LogP contribution >= 0.6 is 0 Å². The van der Waals surface area contributed by atoms with Gasteiger partial charge in [0, 0.05) is 34.1 Å². The highest BCUT2D eigenvalue weighted by Gasteiger charge is 2.19. The lowest BCUT2D eigenvalue weighted by Crippen LogP contribution is -2.10. The minimum Gasteiger partial charge on any atom is -0.310 e. The van der Waals surface area contributed by atoms with Crippen LogP contribution in [0.5, 0.6) is 0 Å². The van der Waals surface area contributed by atoms with Crippen LogP contribution in [0.2, 0.25) is 0 Å². The largest absolute Gasteiger partial charge is 0.310 e. The number of hydrogen-bond acceptors (Lipinski definition) is 2. The topological polar surface area (TPSA) is 6.48 Å². The molecule has 10 aromatic carbocycles. The van der Waals surface area contributed by atoms with E-state index in [-0.39, 0.29) is 0 Å². The van der Waals surface area contributed by atoms with E-state index in [0.29, 0.717) is 0 Å². The first-order valence-corrected chi connectivity index (χ1v) is 29.2. The van der Waals surface area contributed by atoms with E-state index >= 15 is 0 Å². The summed E-state index contributed by atoms with van der Waals surface area (Å²) in [7, 11) is 0. The van der Waals surface area contributed by atoms with Crippen molar-refractivity contribution in [3.8, 4) is 0 Å². The smallest absolute Gasteiger partial charge is 0.0464 e. The minimum atomic E-state index is 1.15. The molecule has 0 heterocycles. The molecule has 0 spiro atoms. The van der Waals surface area contributed by atoms with Crippen LogP contribution in [0, 0.1) is 6.92 Å². The first-order valence-electron chi connectivity index (χ1n) is 29.2. The molecule has 404 valence electrons. The number of allylic oxidation sites excluding steroid dienone is 6. The molecule has 12 rings (SSSR count).